The van der Waals surface area contributed by atoms with Crippen LogP contribution in [-0.2, 0) is 25.7 Å². The van der Waals surface area contributed by atoms with Crippen molar-refractivity contribution >= 4 is 23.7 Å². The Hall–Kier alpha value is -3.01. The molecule has 0 bridgehead atoms. The Morgan fingerprint density at radius 2 is 2.19 bits per heavy atom. The van der Waals surface area contributed by atoms with Gasteiger partial charge in [-0.15, -0.1) is 0 Å². The molecule has 1 saturated heterocycles. The van der Waals surface area contributed by atoms with Crippen LogP contribution in [0.1, 0.15) is 19.4 Å². The number of pyridine rings is 1. The van der Waals surface area contributed by atoms with Gasteiger partial charge in [0.25, 0.3) is 5.91 Å². The Labute approximate surface area is 156 Å². The van der Waals surface area contributed by atoms with E-state index in [4.69, 9.17) is 4.74 Å². The maximum Gasteiger partial charge on any atom is 0.411 e. The first kappa shape index (κ1) is 20.3. The predicted molar refractivity (Wildman–Crippen MR) is 94.2 cm³/mol. The summed E-state index contributed by atoms with van der Waals surface area (Å²) in [7, 11) is 0. The molecule has 1 aliphatic heterocycles. The van der Waals surface area contributed by atoms with E-state index in [2.05, 4.69) is 20.9 Å². The zero-order chi connectivity index (χ0) is 19.8. The average Bonchev–Trinajstić information content (AvgIpc) is 3.15. The third-order valence-corrected chi connectivity index (χ3v) is 3.83. The summed E-state index contributed by atoms with van der Waals surface area (Å²) in [4.78, 5) is 52.7. The molecule has 3 amide bonds. The first-order valence-electron chi connectivity index (χ1n) is 8.51. The number of ether oxygens (including phenoxy) is 1. The number of nitrogens with one attached hydrogen (secondary N) is 3. The highest BCUT2D eigenvalue weighted by Crippen LogP contribution is 2.09. The highest BCUT2D eigenvalue weighted by molar-refractivity contribution is 5.92. The van der Waals surface area contributed by atoms with Crippen LogP contribution >= 0.6 is 0 Å². The summed E-state index contributed by atoms with van der Waals surface area (Å²) in [5.41, 5.74) is 0.731. The summed E-state index contributed by atoms with van der Waals surface area (Å²) >= 11 is 0. The van der Waals surface area contributed by atoms with Crippen LogP contribution in [0.2, 0.25) is 0 Å². The number of ketones is 1. The van der Waals surface area contributed by atoms with Crippen molar-refractivity contribution in [3.8, 4) is 0 Å². The molecule has 1 aromatic rings. The number of hydrogen-bond donors (Lipinski definition) is 3. The molecule has 1 aliphatic rings. The second kappa shape index (κ2) is 9.62. The number of hydrogen-bond acceptors (Lipinski definition) is 7. The maximum absolute atomic E-state index is 12.4. The molecule has 10 nitrogen and oxygen atoms in total. The van der Waals surface area contributed by atoms with Gasteiger partial charge in [-0.3, -0.25) is 29.6 Å². The van der Waals surface area contributed by atoms with E-state index >= 15 is 0 Å². The number of nitrogens with zero attached hydrogens (tertiary/aromatic N) is 2. The van der Waals surface area contributed by atoms with Crippen LogP contribution in [0.5, 0.6) is 0 Å². The lowest BCUT2D eigenvalue weighted by Crippen LogP contribution is -2.55. The molecular weight excluding hydrogens is 354 g/mol. The maximum atomic E-state index is 12.4. The quantitative estimate of drug-likeness (QED) is 0.565. The highest BCUT2D eigenvalue weighted by atomic mass is 16.6. The van der Waals surface area contributed by atoms with Gasteiger partial charge in [0.05, 0.1) is 6.54 Å². The summed E-state index contributed by atoms with van der Waals surface area (Å²) in [6.07, 6.45) is 1.62. The number of rotatable bonds is 7. The fourth-order valence-electron chi connectivity index (χ4n) is 2.43. The van der Waals surface area contributed by atoms with Crippen LogP contribution in [0.4, 0.5) is 4.79 Å². The van der Waals surface area contributed by atoms with Crippen LogP contribution in [0.15, 0.2) is 24.5 Å². The zero-order valence-corrected chi connectivity index (χ0v) is 15.2. The Balaban J connectivity index is 1.86. The molecule has 2 rings (SSSR count). The van der Waals surface area contributed by atoms with E-state index in [0.29, 0.717) is 13.1 Å². The minimum absolute atomic E-state index is 0.0430. The summed E-state index contributed by atoms with van der Waals surface area (Å²) in [5, 5.41) is 7.83. The van der Waals surface area contributed by atoms with E-state index < -0.39 is 30.1 Å². The molecule has 1 unspecified atom stereocenters. The van der Waals surface area contributed by atoms with Crippen molar-refractivity contribution < 1.29 is 23.9 Å². The topological polar surface area (TPSA) is 130 Å². The summed E-state index contributed by atoms with van der Waals surface area (Å²) in [6.45, 7) is 3.50. The third kappa shape index (κ3) is 6.03. The van der Waals surface area contributed by atoms with Crippen molar-refractivity contribution in [1.29, 1.82) is 0 Å². The van der Waals surface area contributed by atoms with Crippen molar-refractivity contribution in [2.45, 2.75) is 32.7 Å². The van der Waals surface area contributed by atoms with Gasteiger partial charge in [-0.1, -0.05) is 6.07 Å². The van der Waals surface area contributed by atoms with Gasteiger partial charge >= 0.3 is 6.09 Å². The Bertz CT molecular complexity index is 696. The van der Waals surface area contributed by atoms with Gasteiger partial charge in [0.15, 0.2) is 6.17 Å². The minimum atomic E-state index is -0.936. The van der Waals surface area contributed by atoms with Gasteiger partial charge in [0, 0.05) is 31.0 Å². The molecule has 0 radical (unpaired) electrons. The summed E-state index contributed by atoms with van der Waals surface area (Å²) < 4.78 is 5.22. The van der Waals surface area contributed by atoms with Gasteiger partial charge in [-0.25, -0.2) is 4.79 Å². The lowest BCUT2D eigenvalue weighted by atomic mass is 10.3. The Kier molecular flexibility index (Phi) is 7.24. The van der Waals surface area contributed by atoms with Crippen LogP contribution in [0.3, 0.4) is 0 Å². The molecule has 1 fully saturated rings. The molecule has 10 heteroatoms. The standard InChI is InChI=1S/C17H23N5O5/c1-11(23)8-20-15(24)12(2)21-16(25)14-19-6-7-22(14)17(26)27-10-13-4-3-5-18-9-13/h3-5,9,12,14,19H,6-8,10H2,1-2H3,(H,20,24)(H,21,25)/t12-,14?/m0/s1. The van der Waals surface area contributed by atoms with Crippen LogP contribution in [0.25, 0.3) is 0 Å². The monoisotopic (exact) mass is 377 g/mol. The van der Waals surface area contributed by atoms with Crippen molar-refractivity contribution in [3.63, 3.8) is 0 Å². The molecule has 0 aromatic carbocycles. The van der Waals surface area contributed by atoms with E-state index in [1.54, 1.807) is 24.5 Å². The molecule has 0 spiro atoms. The first-order chi connectivity index (χ1) is 12.9. The number of carbonyl (C=O) groups excluding carboxylic acids is 4. The number of Topliss-reactive ketones (excluding diaryl/α,β-unsaturated/α-hetero) is 1. The van der Waals surface area contributed by atoms with Gasteiger partial charge in [0.2, 0.25) is 5.91 Å². The first-order valence-corrected chi connectivity index (χ1v) is 8.51. The fraction of sp³-hybridized carbons (Fsp3) is 0.471. The molecule has 27 heavy (non-hydrogen) atoms. The molecular formula is C17H23N5O5. The van der Waals surface area contributed by atoms with E-state index in [-0.39, 0.29) is 18.9 Å². The van der Waals surface area contributed by atoms with E-state index in [0.717, 1.165) is 5.56 Å². The normalized spacial score (nSPS) is 17.1. The summed E-state index contributed by atoms with van der Waals surface area (Å²) in [5.74, 6) is -1.21. The SMILES string of the molecule is CC(=O)CNC(=O)[C@H](C)NC(=O)C1NCCN1C(=O)OCc1cccnc1. The average molecular weight is 377 g/mol. The Morgan fingerprint density at radius 1 is 1.41 bits per heavy atom. The molecule has 3 N–H and O–H groups in total. The lowest BCUT2D eigenvalue weighted by Gasteiger charge is -2.24. The van der Waals surface area contributed by atoms with Crippen molar-refractivity contribution in [3.05, 3.63) is 30.1 Å². The Morgan fingerprint density at radius 3 is 2.85 bits per heavy atom. The van der Waals surface area contributed by atoms with Crippen molar-refractivity contribution in [1.82, 2.24) is 25.8 Å². The minimum Gasteiger partial charge on any atom is -0.444 e. The van der Waals surface area contributed by atoms with Gasteiger partial charge in [0.1, 0.15) is 18.4 Å². The fourth-order valence-corrected chi connectivity index (χ4v) is 2.43. The number of amides is 3. The molecule has 0 aliphatic carbocycles. The van der Waals surface area contributed by atoms with Crippen LogP contribution in [0, 0.1) is 0 Å². The van der Waals surface area contributed by atoms with Crippen molar-refractivity contribution in [2.24, 2.45) is 0 Å². The molecule has 1 aromatic heterocycles. The molecule has 0 saturated carbocycles. The summed E-state index contributed by atoms with van der Waals surface area (Å²) in [6, 6.07) is 2.65. The lowest BCUT2D eigenvalue weighted by molar-refractivity contribution is -0.131. The smallest absolute Gasteiger partial charge is 0.411 e. The van der Waals surface area contributed by atoms with Gasteiger partial charge in [-0.2, -0.15) is 0 Å². The molecule has 2 heterocycles. The van der Waals surface area contributed by atoms with Crippen LogP contribution < -0.4 is 16.0 Å². The molecule has 2 atom stereocenters. The zero-order valence-electron chi connectivity index (χ0n) is 15.2. The largest absolute Gasteiger partial charge is 0.444 e. The molecule has 146 valence electrons. The van der Waals surface area contributed by atoms with E-state index in [1.165, 1.54) is 18.7 Å². The van der Waals surface area contributed by atoms with Crippen LogP contribution in [-0.4, -0.2) is 65.4 Å². The van der Waals surface area contributed by atoms with Crippen molar-refractivity contribution in [2.75, 3.05) is 19.6 Å². The number of aromatic nitrogens is 1. The van der Waals surface area contributed by atoms with Gasteiger partial charge < -0.3 is 15.4 Å². The number of carbonyl (C=O) groups is 4. The van der Waals surface area contributed by atoms with Gasteiger partial charge in [-0.05, 0) is 19.9 Å². The third-order valence-electron chi connectivity index (χ3n) is 3.83. The highest BCUT2D eigenvalue weighted by Gasteiger charge is 2.35. The second-order valence-corrected chi connectivity index (χ2v) is 6.12. The van der Waals surface area contributed by atoms with E-state index in [1.807, 2.05) is 0 Å². The predicted octanol–water partition coefficient (Wildman–Crippen LogP) is -0.841. The second-order valence-electron chi connectivity index (χ2n) is 6.12. The van der Waals surface area contributed by atoms with E-state index in [9.17, 15) is 19.2 Å².